The number of carbonyl (C=O) groups excluding carboxylic acids is 2. The molecule has 0 radical (unpaired) electrons. The Hall–Kier alpha value is -1.85. The molecule has 1 atom stereocenters. The van der Waals surface area contributed by atoms with Crippen molar-refractivity contribution in [1.29, 1.82) is 0 Å². The number of esters is 1. The van der Waals surface area contributed by atoms with E-state index in [2.05, 4.69) is 10.5 Å². The molecule has 1 aromatic heterocycles. The Kier molecular flexibility index (Phi) is 4.53. The van der Waals surface area contributed by atoms with Crippen LogP contribution in [0.2, 0.25) is 0 Å². The summed E-state index contributed by atoms with van der Waals surface area (Å²) in [6.07, 6.45) is 5.17. The molecule has 1 aromatic rings. The zero-order chi connectivity index (χ0) is 18.4. The third-order valence-electron chi connectivity index (χ3n) is 6.49. The number of aromatic nitrogens is 1. The van der Waals surface area contributed by atoms with Crippen LogP contribution in [0.5, 0.6) is 0 Å². The number of nitrogens with zero attached hydrogens (tertiary/aromatic N) is 1. The van der Waals surface area contributed by atoms with Crippen LogP contribution in [0.1, 0.15) is 51.7 Å². The average Bonchev–Trinajstić information content (AvgIpc) is 2.96. The van der Waals surface area contributed by atoms with Crippen LogP contribution < -0.4 is 5.32 Å². The number of nitrogens with one attached hydrogen (secondary N) is 1. The van der Waals surface area contributed by atoms with E-state index >= 15 is 0 Å². The minimum Gasteiger partial charge on any atom is -0.452 e. The number of amides is 1. The largest absolute Gasteiger partial charge is 0.452 e. The Morgan fingerprint density at radius 3 is 2.27 bits per heavy atom. The quantitative estimate of drug-likeness (QED) is 0.812. The minimum atomic E-state index is -0.809. The van der Waals surface area contributed by atoms with E-state index in [4.69, 9.17) is 9.26 Å². The first-order valence-electron chi connectivity index (χ1n) is 9.85. The van der Waals surface area contributed by atoms with E-state index in [1.54, 1.807) is 13.0 Å². The van der Waals surface area contributed by atoms with Gasteiger partial charge in [-0.15, -0.1) is 0 Å². The van der Waals surface area contributed by atoms with Gasteiger partial charge in [-0.1, -0.05) is 19.0 Å². The van der Waals surface area contributed by atoms with E-state index in [-0.39, 0.29) is 23.7 Å². The lowest BCUT2D eigenvalue weighted by Gasteiger charge is -2.53. The van der Waals surface area contributed by atoms with Crippen LogP contribution in [-0.4, -0.2) is 23.1 Å². The molecular formula is C20H28N2O4. The Bertz CT molecular complexity index is 668. The molecule has 0 aromatic carbocycles. The minimum absolute atomic E-state index is 0.0221. The lowest BCUT2D eigenvalue weighted by Crippen LogP contribution is -2.50. The monoisotopic (exact) mass is 360 g/mol. The van der Waals surface area contributed by atoms with Crippen LogP contribution in [0.15, 0.2) is 10.6 Å². The van der Waals surface area contributed by atoms with Gasteiger partial charge in [0, 0.05) is 6.07 Å². The fourth-order valence-electron chi connectivity index (χ4n) is 5.63. The molecule has 4 bridgehead atoms. The van der Waals surface area contributed by atoms with Crippen molar-refractivity contribution < 1.29 is 18.8 Å². The summed E-state index contributed by atoms with van der Waals surface area (Å²) in [6.45, 7) is 5.54. The first-order valence-corrected chi connectivity index (χ1v) is 9.85. The van der Waals surface area contributed by atoms with Crippen LogP contribution >= 0.6 is 0 Å². The summed E-state index contributed by atoms with van der Waals surface area (Å²) in [4.78, 5) is 25.6. The molecule has 5 rings (SSSR count). The molecule has 4 fully saturated rings. The van der Waals surface area contributed by atoms with Crippen molar-refractivity contribution in [3.63, 3.8) is 0 Å². The number of hydrogen-bond acceptors (Lipinski definition) is 5. The van der Waals surface area contributed by atoms with Crippen LogP contribution in [0.25, 0.3) is 0 Å². The third kappa shape index (κ3) is 3.26. The van der Waals surface area contributed by atoms with Crippen molar-refractivity contribution in [3.8, 4) is 0 Å². The molecule has 4 aliphatic rings. The zero-order valence-corrected chi connectivity index (χ0v) is 15.7. The molecule has 6 nitrogen and oxygen atoms in total. The summed E-state index contributed by atoms with van der Waals surface area (Å²) in [6, 6.07) is 1.65. The maximum atomic E-state index is 13.0. The molecule has 1 amide bonds. The number of hydrogen-bond donors (Lipinski definition) is 1. The number of aryl methyl sites for hydroxylation is 1. The van der Waals surface area contributed by atoms with E-state index in [0.717, 1.165) is 37.5 Å². The molecule has 26 heavy (non-hydrogen) atoms. The number of anilines is 1. The highest BCUT2D eigenvalue weighted by Crippen LogP contribution is 2.56. The van der Waals surface area contributed by atoms with Gasteiger partial charge in [-0.3, -0.25) is 9.59 Å². The van der Waals surface area contributed by atoms with Gasteiger partial charge in [0.15, 0.2) is 11.9 Å². The van der Waals surface area contributed by atoms with E-state index in [0.29, 0.717) is 23.4 Å². The average molecular weight is 360 g/mol. The fraction of sp³-hybridized carbons (Fsp3) is 0.750. The van der Waals surface area contributed by atoms with E-state index in [1.807, 2.05) is 13.8 Å². The lowest BCUT2D eigenvalue weighted by molar-refractivity contribution is -0.172. The highest BCUT2D eigenvalue weighted by atomic mass is 16.5. The smallest absolute Gasteiger partial charge is 0.310 e. The molecule has 1 N–H and O–H groups in total. The first-order chi connectivity index (χ1) is 12.4. The van der Waals surface area contributed by atoms with E-state index in [9.17, 15) is 9.59 Å². The second-order valence-corrected chi connectivity index (χ2v) is 8.87. The topological polar surface area (TPSA) is 81.4 Å². The van der Waals surface area contributed by atoms with E-state index < -0.39 is 6.10 Å². The molecular weight excluding hydrogens is 332 g/mol. The summed E-state index contributed by atoms with van der Waals surface area (Å²) in [5.74, 6) is 2.84. The Balaban J connectivity index is 1.43. The molecule has 4 saturated carbocycles. The predicted octanol–water partition coefficient (Wildman–Crippen LogP) is 3.56. The van der Waals surface area contributed by atoms with Gasteiger partial charge in [-0.25, -0.2) is 0 Å². The normalized spacial score (nSPS) is 33.3. The fourth-order valence-corrected chi connectivity index (χ4v) is 5.63. The predicted molar refractivity (Wildman–Crippen MR) is 95.1 cm³/mol. The summed E-state index contributed by atoms with van der Waals surface area (Å²) < 4.78 is 10.7. The molecule has 6 heteroatoms. The van der Waals surface area contributed by atoms with Crippen LogP contribution in [0, 0.1) is 42.4 Å². The van der Waals surface area contributed by atoms with E-state index in [1.165, 1.54) is 6.42 Å². The Labute approximate surface area is 154 Å². The summed E-state index contributed by atoms with van der Waals surface area (Å²) in [7, 11) is 0. The van der Waals surface area contributed by atoms with Crippen molar-refractivity contribution in [2.75, 3.05) is 5.32 Å². The molecule has 0 unspecified atom stereocenters. The van der Waals surface area contributed by atoms with Gasteiger partial charge in [0.05, 0.1) is 5.92 Å². The standard InChI is InChI=1S/C20H28N2O4/c1-10(2)18(19(23)21-16-4-11(3)26-22-16)25-20(24)17-14-6-12-5-13(8-14)9-15(17)7-12/h4,10,12-15,17-18H,5-9H2,1-3H3,(H,21,22,23)/t12?,13?,14?,15?,17?,18-/m1/s1. The second kappa shape index (κ2) is 6.71. The molecule has 4 aliphatic carbocycles. The maximum absolute atomic E-state index is 13.0. The number of carbonyl (C=O) groups is 2. The van der Waals surface area contributed by atoms with Gasteiger partial charge in [0.1, 0.15) is 5.76 Å². The van der Waals surface area contributed by atoms with Crippen LogP contribution in [-0.2, 0) is 14.3 Å². The Morgan fingerprint density at radius 1 is 1.15 bits per heavy atom. The number of rotatable bonds is 5. The number of ether oxygens (including phenoxy) is 1. The van der Waals surface area contributed by atoms with Crippen LogP contribution in [0.3, 0.4) is 0 Å². The van der Waals surface area contributed by atoms with Crippen molar-refractivity contribution in [2.24, 2.45) is 35.5 Å². The summed E-state index contributed by atoms with van der Waals surface area (Å²) in [5.41, 5.74) is 0. The van der Waals surface area contributed by atoms with Gasteiger partial charge >= 0.3 is 5.97 Å². The van der Waals surface area contributed by atoms with Gasteiger partial charge in [0.25, 0.3) is 5.91 Å². The molecule has 1 heterocycles. The van der Waals surface area contributed by atoms with Crippen molar-refractivity contribution in [2.45, 2.75) is 59.0 Å². The summed E-state index contributed by atoms with van der Waals surface area (Å²) >= 11 is 0. The highest BCUT2D eigenvalue weighted by Gasteiger charge is 2.52. The third-order valence-corrected chi connectivity index (χ3v) is 6.49. The second-order valence-electron chi connectivity index (χ2n) is 8.87. The first kappa shape index (κ1) is 17.6. The summed E-state index contributed by atoms with van der Waals surface area (Å²) in [5, 5.41) is 6.47. The highest BCUT2D eigenvalue weighted by molar-refractivity contribution is 5.95. The lowest BCUT2D eigenvalue weighted by atomic mass is 9.52. The van der Waals surface area contributed by atoms with Gasteiger partial charge in [0.2, 0.25) is 0 Å². The molecule has 0 spiro atoms. The molecule has 0 saturated heterocycles. The Morgan fingerprint density at radius 2 is 1.77 bits per heavy atom. The van der Waals surface area contributed by atoms with Gasteiger partial charge < -0.3 is 14.6 Å². The van der Waals surface area contributed by atoms with Crippen molar-refractivity contribution in [3.05, 3.63) is 11.8 Å². The molecule has 0 aliphatic heterocycles. The molecule has 142 valence electrons. The van der Waals surface area contributed by atoms with Gasteiger partial charge in [-0.2, -0.15) is 0 Å². The maximum Gasteiger partial charge on any atom is 0.310 e. The van der Waals surface area contributed by atoms with Crippen molar-refractivity contribution in [1.82, 2.24) is 5.16 Å². The zero-order valence-electron chi connectivity index (χ0n) is 15.7. The van der Waals surface area contributed by atoms with Gasteiger partial charge in [-0.05, 0) is 68.6 Å². The SMILES string of the molecule is Cc1cc(NC(=O)[C@H](OC(=O)C2C3CC4CC(C3)CC2C4)C(C)C)no1. The van der Waals surface area contributed by atoms with Crippen molar-refractivity contribution >= 4 is 17.7 Å². The van der Waals surface area contributed by atoms with Crippen LogP contribution in [0.4, 0.5) is 5.82 Å².